The molecule has 0 saturated carbocycles. The summed E-state index contributed by atoms with van der Waals surface area (Å²) in [6, 6.07) is 8.81. The van der Waals surface area contributed by atoms with Crippen LogP contribution >= 0.6 is 15.9 Å². The summed E-state index contributed by atoms with van der Waals surface area (Å²) in [5.41, 5.74) is 2.63. The third-order valence-corrected chi connectivity index (χ3v) is 2.89. The first-order chi connectivity index (χ1) is 6.75. The maximum atomic E-state index is 7.39. The Hall–Kier alpha value is -0.830. The lowest BCUT2D eigenvalue weighted by Gasteiger charge is -2.26. The van der Waals surface area contributed by atoms with Gasteiger partial charge in [0.2, 0.25) is 0 Å². The van der Waals surface area contributed by atoms with Crippen LogP contribution < -0.4 is 5.32 Å². The Kier molecular flexibility index (Phi) is 2.87. The molecule has 0 aromatic heterocycles. The molecule has 1 aliphatic heterocycles. The lowest BCUT2D eigenvalue weighted by atomic mass is 9.97. The van der Waals surface area contributed by atoms with Crippen molar-refractivity contribution in [1.82, 2.24) is 0 Å². The van der Waals surface area contributed by atoms with E-state index in [1.165, 1.54) is 11.3 Å². The molecular weight excluding hydrogens is 240 g/mol. The van der Waals surface area contributed by atoms with Crippen molar-refractivity contribution in [2.24, 2.45) is 0 Å². The van der Waals surface area contributed by atoms with Gasteiger partial charge in [0.1, 0.15) is 0 Å². The van der Waals surface area contributed by atoms with Gasteiger partial charge in [-0.05, 0) is 40.4 Å². The van der Waals surface area contributed by atoms with Gasteiger partial charge in [-0.3, -0.25) is 5.41 Å². The minimum atomic E-state index is 0.414. The lowest BCUT2D eigenvalue weighted by Crippen LogP contribution is -2.26. The zero-order valence-corrected chi connectivity index (χ0v) is 9.47. The van der Waals surface area contributed by atoms with Crippen molar-refractivity contribution in [3.63, 3.8) is 0 Å². The summed E-state index contributed by atoms with van der Waals surface area (Å²) < 4.78 is 0.578. The molecule has 1 atom stereocenters. The molecule has 14 heavy (non-hydrogen) atoms. The van der Waals surface area contributed by atoms with E-state index in [9.17, 15) is 0 Å². The van der Waals surface area contributed by atoms with Gasteiger partial charge in [-0.25, -0.2) is 0 Å². The van der Waals surface area contributed by atoms with Gasteiger partial charge in [-0.15, -0.1) is 0 Å². The molecule has 0 saturated heterocycles. The van der Waals surface area contributed by atoms with Crippen molar-refractivity contribution in [2.45, 2.75) is 25.3 Å². The molecule has 3 heteroatoms. The van der Waals surface area contributed by atoms with Gasteiger partial charge in [-0.2, -0.15) is 0 Å². The average Bonchev–Trinajstić information content (AvgIpc) is 2.17. The van der Waals surface area contributed by atoms with Crippen molar-refractivity contribution in [1.29, 1.82) is 5.41 Å². The Balaban J connectivity index is 2.09. The van der Waals surface area contributed by atoms with E-state index in [2.05, 4.69) is 39.4 Å². The summed E-state index contributed by atoms with van der Waals surface area (Å²) in [6.45, 7) is 0. The minimum Gasteiger partial charge on any atom is -0.382 e. The van der Waals surface area contributed by atoms with Gasteiger partial charge >= 0.3 is 0 Å². The molecule has 0 aliphatic carbocycles. The average molecular weight is 253 g/mol. The van der Waals surface area contributed by atoms with Gasteiger partial charge in [-0.1, -0.05) is 18.2 Å². The van der Waals surface area contributed by atoms with Gasteiger partial charge in [0.15, 0.2) is 0 Å². The quantitative estimate of drug-likeness (QED) is 0.780. The molecule has 0 spiro atoms. The number of benzene rings is 1. The summed E-state index contributed by atoms with van der Waals surface area (Å²) in [7, 11) is 0. The number of halogens is 1. The van der Waals surface area contributed by atoms with E-state index in [1.807, 2.05) is 6.07 Å². The van der Waals surface area contributed by atoms with E-state index in [0.29, 0.717) is 10.7 Å². The number of nitrogens with one attached hydrogen (secondary N) is 2. The predicted molar refractivity (Wildman–Crippen MR) is 63.4 cm³/mol. The van der Waals surface area contributed by atoms with Gasteiger partial charge < -0.3 is 5.32 Å². The monoisotopic (exact) mass is 252 g/mol. The molecule has 1 aromatic carbocycles. The zero-order valence-electron chi connectivity index (χ0n) is 7.89. The molecule has 74 valence electrons. The first-order valence-corrected chi connectivity index (χ1v) is 5.62. The summed E-state index contributed by atoms with van der Waals surface area (Å²) in [6.07, 6.45) is 3.02. The predicted octanol–water partition coefficient (Wildman–Crippen LogP) is 3.18. The van der Waals surface area contributed by atoms with E-state index in [4.69, 9.17) is 5.41 Å². The standard InChI is InChI=1S/C11H13BrN2/c12-11(13)7-9-6-5-8-3-1-2-4-10(8)14-9/h1-4,9,13-14H,5-7H2. The Morgan fingerprint density at radius 2 is 2.29 bits per heavy atom. The lowest BCUT2D eigenvalue weighted by molar-refractivity contribution is 0.653. The molecule has 1 heterocycles. The fraction of sp³-hybridized carbons (Fsp3) is 0.364. The zero-order chi connectivity index (χ0) is 9.97. The van der Waals surface area contributed by atoms with E-state index in [-0.39, 0.29) is 0 Å². The Bertz CT molecular complexity index is 349. The van der Waals surface area contributed by atoms with E-state index in [1.54, 1.807) is 0 Å². The molecule has 2 nitrogen and oxygen atoms in total. The van der Waals surface area contributed by atoms with Crippen LogP contribution in [0.25, 0.3) is 0 Å². The molecular formula is C11H13BrN2. The topological polar surface area (TPSA) is 35.9 Å². The maximum absolute atomic E-state index is 7.39. The van der Waals surface area contributed by atoms with Crippen LogP contribution in [0.5, 0.6) is 0 Å². The van der Waals surface area contributed by atoms with Gasteiger partial charge in [0, 0.05) is 18.2 Å². The van der Waals surface area contributed by atoms with Crippen LogP contribution in [0.15, 0.2) is 24.3 Å². The molecule has 0 radical (unpaired) electrons. The number of anilines is 1. The fourth-order valence-electron chi connectivity index (χ4n) is 1.87. The second-order valence-corrected chi connectivity index (χ2v) is 4.60. The van der Waals surface area contributed by atoms with Gasteiger partial charge in [0.25, 0.3) is 0 Å². The highest BCUT2D eigenvalue weighted by Crippen LogP contribution is 2.25. The van der Waals surface area contributed by atoms with Crippen molar-refractivity contribution in [2.75, 3.05) is 5.32 Å². The molecule has 2 N–H and O–H groups in total. The SMILES string of the molecule is N=C(Br)CC1CCc2ccccc2N1. The van der Waals surface area contributed by atoms with Crippen LogP contribution in [0, 0.1) is 5.41 Å². The van der Waals surface area contributed by atoms with Crippen LogP contribution in [-0.4, -0.2) is 10.7 Å². The minimum absolute atomic E-state index is 0.414. The third-order valence-electron chi connectivity index (χ3n) is 2.56. The number of rotatable bonds is 2. The first kappa shape index (κ1) is 9.71. The van der Waals surface area contributed by atoms with E-state index < -0.39 is 0 Å². The van der Waals surface area contributed by atoms with Crippen LogP contribution in [0.1, 0.15) is 18.4 Å². The maximum Gasteiger partial charge on any atom is 0.0760 e. The van der Waals surface area contributed by atoms with Crippen LogP contribution in [0.2, 0.25) is 0 Å². The van der Waals surface area contributed by atoms with Gasteiger partial charge in [0.05, 0.1) is 4.62 Å². The van der Waals surface area contributed by atoms with Crippen LogP contribution in [0.3, 0.4) is 0 Å². The second-order valence-electron chi connectivity index (χ2n) is 3.65. The number of fused-ring (bicyclic) bond motifs is 1. The van der Waals surface area contributed by atoms with E-state index in [0.717, 1.165) is 19.3 Å². The van der Waals surface area contributed by atoms with Crippen molar-refractivity contribution in [3.8, 4) is 0 Å². The molecule has 1 aromatic rings. The molecule has 0 amide bonds. The van der Waals surface area contributed by atoms with Crippen molar-refractivity contribution in [3.05, 3.63) is 29.8 Å². The molecule has 0 bridgehead atoms. The Morgan fingerprint density at radius 1 is 1.50 bits per heavy atom. The first-order valence-electron chi connectivity index (χ1n) is 4.83. The molecule has 1 unspecified atom stereocenters. The molecule has 0 fully saturated rings. The number of hydrogen-bond donors (Lipinski definition) is 2. The second kappa shape index (κ2) is 4.13. The normalized spacial score (nSPS) is 19.6. The number of aryl methyl sites for hydroxylation is 1. The van der Waals surface area contributed by atoms with Crippen LogP contribution in [-0.2, 0) is 6.42 Å². The highest BCUT2D eigenvalue weighted by Gasteiger charge is 2.17. The summed E-state index contributed by atoms with van der Waals surface area (Å²) in [5.74, 6) is 0. The van der Waals surface area contributed by atoms with Crippen LogP contribution in [0.4, 0.5) is 5.69 Å². The number of para-hydroxylation sites is 1. The molecule has 2 rings (SSSR count). The summed E-state index contributed by atoms with van der Waals surface area (Å²) >= 11 is 3.19. The Labute approximate surface area is 92.4 Å². The smallest absolute Gasteiger partial charge is 0.0760 e. The highest BCUT2D eigenvalue weighted by atomic mass is 79.9. The van der Waals surface area contributed by atoms with Crippen molar-refractivity contribution >= 4 is 26.2 Å². The van der Waals surface area contributed by atoms with Crippen molar-refractivity contribution < 1.29 is 0 Å². The Morgan fingerprint density at radius 3 is 3.07 bits per heavy atom. The molecule has 1 aliphatic rings. The number of hydrogen-bond acceptors (Lipinski definition) is 2. The highest BCUT2D eigenvalue weighted by molar-refractivity contribution is 9.18. The third kappa shape index (κ3) is 2.15. The van der Waals surface area contributed by atoms with E-state index >= 15 is 0 Å². The fourth-order valence-corrected chi connectivity index (χ4v) is 2.26. The largest absolute Gasteiger partial charge is 0.382 e. The summed E-state index contributed by atoms with van der Waals surface area (Å²) in [4.78, 5) is 0. The summed E-state index contributed by atoms with van der Waals surface area (Å²) in [5, 5.41) is 10.8.